The van der Waals surface area contributed by atoms with E-state index < -0.39 is 0 Å². The number of nitrogens with one attached hydrogen (secondary N) is 1. The molecule has 1 N–H and O–H groups in total. The lowest BCUT2D eigenvalue weighted by atomic mass is 9.93. The van der Waals surface area contributed by atoms with Crippen molar-refractivity contribution < 1.29 is 33.2 Å². The van der Waals surface area contributed by atoms with Gasteiger partial charge in [-0.2, -0.15) is 0 Å². The van der Waals surface area contributed by atoms with Crippen LogP contribution in [0.2, 0.25) is 0 Å². The molecular weight excluding hydrogens is 859 g/mol. The van der Waals surface area contributed by atoms with E-state index in [0.717, 1.165) is 145 Å². The third-order valence-electron chi connectivity index (χ3n) is 13.4. The van der Waals surface area contributed by atoms with Crippen molar-refractivity contribution in [3.63, 3.8) is 0 Å². The minimum absolute atomic E-state index is 0.0856. The van der Waals surface area contributed by atoms with Gasteiger partial charge in [-0.15, -0.1) is 0 Å². The zero-order valence-electron chi connectivity index (χ0n) is 44.8. The van der Waals surface area contributed by atoms with E-state index >= 15 is 0 Å². The first-order valence-electron chi connectivity index (χ1n) is 28.6. The van der Waals surface area contributed by atoms with Gasteiger partial charge in [-0.3, -0.25) is 4.79 Å². The number of amides is 1. The van der Waals surface area contributed by atoms with Crippen molar-refractivity contribution in [3.8, 4) is 34.5 Å². The maximum Gasteiger partial charge on any atom is 0.257 e. The maximum absolute atomic E-state index is 13.3. The average molecular weight is 956 g/mol. The van der Waals surface area contributed by atoms with E-state index in [0.29, 0.717) is 51.1 Å². The highest BCUT2D eigenvalue weighted by Crippen LogP contribution is 2.47. The normalized spacial score (nSPS) is 11.4. The number of benzene rings is 4. The van der Waals surface area contributed by atoms with Crippen LogP contribution >= 0.6 is 0 Å². The number of carbonyl (C=O) groups is 1. The Labute approximate surface area is 420 Å². The summed E-state index contributed by atoms with van der Waals surface area (Å²) in [5, 5.41) is 9.31. The zero-order chi connectivity index (χ0) is 49.2. The van der Waals surface area contributed by atoms with Crippen molar-refractivity contribution in [2.45, 2.75) is 228 Å². The lowest BCUT2D eigenvalue weighted by molar-refractivity contribution is -0.123. The molecule has 0 unspecified atom stereocenters. The first-order chi connectivity index (χ1) is 34.0. The molecular formula is C61H97NO7. The van der Waals surface area contributed by atoms with Crippen molar-refractivity contribution in [3.05, 3.63) is 36.4 Å². The number of hydrogen-bond donors (Lipinski definition) is 1. The lowest BCUT2D eigenvalue weighted by Gasteiger charge is -2.21. The van der Waals surface area contributed by atoms with Gasteiger partial charge in [-0.05, 0) is 107 Å². The summed E-state index contributed by atoms with van der Waals surface area (Å²) in [4.78, 5) is 13.3. The molecule has 8 heteroatoms. The molecule has 388 valence electrons. The van der Waals surface area contributed by atoms with Crippen LogP contribution in [0.4, 0.5) is 0 Å². The Morgan fingerprint density at radius 2 is 0.522 bits per heavy atom. The number of unbranched alkanes of at least 4 members (excludes halogenated alkanes) is 23. The second-order valence-corrected chi connectivity index (χ2v) is 19.5. The van der Waals surface area contributed by atoms with E-state index in [9.17, 15) is 4.79 Å². The largest absolute Gasteiger partial charge is 0.490 e. The first-order valence-corrected chi connectivity index (χ1v) is 28.6. The molecule has 0 aliphatic carbocycles. The van der Waals surface area contributed by atoms with Crippen LogP contribution in [-0.2, 0) is 4.79 Å². The Balaban J connectivity index is 1.82. The van der Waals surface area contributed by atoms with Crippen LogP contribution in [0.1, 0.15) is 228 Å². The van der Waals surface area contributed by atoms with Gasteiger partial charge in [0.05, 0.1) is 33.0 Å². The highest BCUT2D eigenvalue weighted by molar-refractivity contribution is 6.26. The van der Waals surface area contributed by atoms with Gasteiger partial charge in [-0.25, -0.2) is 0 Å². The fourth-order valence-corrected chi connectivity index (χ4v) is 9.11. The number of fused-ring (bicyclic) bond motifs is 6. The van der Waals surface area contributed by atoms with Gasteiger partial charge >= 0.3 is 0 Å². The molecule has 0 heterocycles. The predicted octanol–water partition coefficient (Wildman–Crippen LogP) is 18.0. The maximum atomic E-state index is 13.3. The molecule has 0 aliphatic rings. The summed E-state index contributed by atoms with van der Waals surface area (Å²) in [7, 11) is 0. The standard InChI is InChI=1S/C61H97NO7/c1-7-13-19-25-26-27-28-29-30-36-62-61(63)48-69-60-47-54-52-45-58(67-40-34-23-17-11-5)56(65-38-32-21-15-9-3)43-50(52)49-42-55(64-37-31-20-14-8-2)57(66-39-33-22-16-10-4)44-51(49)53(54)46-59(60)68-41-35-24-18-12-6/h42-47H,7-41,48H2,1-6H3,(H,62,63). The Bertz CT molecular complexity index is 1940. The minimum Gasteiger partial charge on any atom is -0.490 e. The molecule has 0 spiro atoms. The number of carbonyl (C=O) groups excluding carboxylic acids is 1. The Morgan fingerprint density at radius 3 is 0.783 bits per heavy atom. The average Bonchev–Trinajstić information content (AvgIpc) is 3.36. The van der Waals surface area contributed by atoms with Crippen molar-refractivity contribution in [2.75, 3.05) is 46.2 Å². The van der Waals surface area contributed by atoms with E-state index in [4.69, 9.17) is 28.4 Å². The quantitative estimate of drug-likeness (QED) is 0.0349. The summed E-state index contributed by atoms with van der Waals surface area (Å²) in [6, 6.07) is 13.0. The molecule has 0 radical (unpaired) electrons. The van der Waals surface area contributed by atoms with Crippen molar-refractivity contribution in [1.82, 2.24) is 5.32 Å². The zero-order valence-corrected chi connectivity index (χ0v) is 44.8. The van der Waals surface area contributed by atoms with E-state index in [-0.39, 0.29) is 12.5 Å². The van der Waals surface area contributed by atoms with Gasteiger partial charge in [0.2, 0.25) is 0 Å². The summed E-state index contributed by atoms with van der Waals surface area (Å²) in [5.74, 6) is 4.15. The number of rotatable bonds is 43. The third kappa shape index (κ3) is 21.0. The summed E-state index contributed by atoms with van der Waals surface area (Å²) >= 11 is 0. The number of hydrogen-bond acceptors (Lipinski definition) is 7. The van der Waals surface area contributed by atoms with E-state index in [1.165, 1.54) is 96.3 Å². The van der Waals surface area contributed by atoms with Gasteiger partial charge < -0.3 is 33.7 Å². The van der Waals surface area contributed by atoms with Gasteiger partial charge in [0.25, 0.3) is 5.91 Å². The highest BCUT2D eigenvalue weighted by atomic mass is 16.5. The fourth-order valence-electron chi connectivity index (χ4n) is 9.11. The van der Waals surface area contributed by atoms with Crippen molar-refractivity contribution in [2.24, 2.45) is 0 Å². The molecule has 0 fully saturated rings. The van der Waals surface area contributed by atoms with E-state index in [2.05, 4.69) is 83.3 Å². The molecule has 8 nitrogen and oxygen atoms in total. The minimum atomic E-state index is -0.116. The molecule has 0 atom stereocenters. The van der Waals surface area contributed by atoms with E-state index in [1.54, 1.807) is 0 Å². The monoisotopic (exact) mass is 956 g/mol. The van der Waals surface area contributed by atoms with Crippen molar-refractivity contribution >= 4 is 38.2 Å². The first kappa shape index (κ1) is 57.5. The summed E-state index contributed by atoms with van der Waals surface area (Å²) < 4.78 is 39.8. The smallest absolute Gasteiger partial charge is 0.257 e. The molecule has 4 aromatic rings. The van der Waals surface area contributed by atoms with Crippen LogP contribution < -0.4 is 33.7 Å². The molecule has 0 aliphatic heterocycles. The molecule has 0 saturated carbocycles. The Hall–Kier alpha value is -4.07. The second-order valence-electron chi connectivity index (χ2n) is 19.5. The number of ether oxygens (including phenoxy) is 6. The van der Waals surface area contributed by atoms with Crippen LogP contribution in [0.25, 0.3) is 32.3 Å². The predicted molar refractivity (Wildman–Crippen MR) is 293 cm³/mol. The molecule has 1 amide bonds. The van der Waals surface area contributed by atoms with Crippen LogP contribution in [0.15, 0.2) is 36.4 Å². The van der Waals surface area contributed by atoms with Crippen LogP contribution in [0.5, 0.6) is 34.5 Å². The van der Waals surface area contributed by atoms with Gasteiger partial charge in [0.15, 0.2) is 41.1 Å². The Kier molecular flexibility index (Phi) is 30.0. The molecule has 4 aromatic carbocycles. The third-order valence-corrected chi connectivity index (χ3v) is 13.4. The lowest BCUT2D eigenvalue weighted by Crippen LogP contribution is -2.29. The summed E-state index contributed by atoms with van der Waals surface area (Å²) in [6.45, 7) is 17.1. The van der Waals surface area contributed by atoms with Crippen LogP contribution in [0, 0.1) is 0 Å². The Morgan fingerprint density at radius 1 is 0.304 bits per heavy atom. The highest BCUT2D eigenvalue weighted by Gasteiger charge is 2.21. The molecule has 0 bridgehead atoms. The topological polar surface area (TPSA) is 84.5 Å². The molecule has 69 heavy (non-hydrogen) atoms. The summed E-state index contributed by atoms with van der Waals surface area (Å²) in [5.41, 5.74) is 0. The second kappa shape index (κ2) is 35.9. The molecule has 0 aromatic heterocycles. The SMILES string of the molecule is CCCCCCCCCCCNC(=O)COc1cc2c3cc(OCCCCCC)c(OCCCCCC)cc3c3cc(OCCCCCC)c(OCCCCCC)cc3c2cc1OCCCCCC. The van der Waals surface area contributed by atoms with Crippen molar-refractivity contribution in [1.29, 1.82) is 0 Å². The van der Waals surface area contributed by atoms with Gasteiger partial charge in [0, 0.05) is 6.54 Å². The van der Waals surface area contributed by atoms with E-state index in [1.807, 2.05) is 0 Å². The summed E-state index contributed by atoms with van der Waals surface area (Å²) in [6.07, 6.45) is 33.5. The van der Waals surface area contributed by atoms with Crippen LogP contribution in [0.3, 0.4) is 0 Å². The van der Waals surface area contributed by atoms with Gasteiger partial charge in [0.1, 0.15) is 0 Å². The van der Waals surface area contributed by atoms with Crippen LogP contribution in [-0.4, -0.2) is 52.1 Å². The fraction of sp³-hybridized carbons (Fsp3) is 0.689. The molecule has 0 saturated heterocycles. The molecule has 4 rings (SSSR count). The van der Waals surface area contributed by atoms with Gasteiger partial charge in [-0.1, -0.05) is 189 Å².